The topological polar surface area (TPSA) is 88.9 Å². The van der Waals surface area contributed by atoms with E-state index in [-0.39, 0.29) is 29.9 Å². The molecule has 9 nitrogen and oxygen atoms in total. The van der Waals surface area contributed by atoms with Crippen molar-refractivity contribution in [1.29, 1.82) is 0 Å². The van der Waals surface area contributed by atoms with Crippen LogP contribution in [0.15, 0.2) is 66.9 Å². The summed E-state index contributed by atoms with van der Waals surface area (Å²) in [6.07, 6.45) is -1.39. The zero-order chi connectivity index (χ0) is 36.4. The third kappa shape index (κ3) is 8.10. The molecule has 0 aliphatic carbocycles. The fourth-order valence-electron chi connectivity index (χ4n) is 5.73. The molecule has 6 rings (SSSR count). The van der Waals surface area contributed by atoms with E-state index >= 15 is 0 Å². The molecule has 0 bridgehead atoms. The van der Waals surface area contributed by atoms with Gasteiger partial charge >= 0.3 is 0 Å². The molecule has 0 atom stereocenters. The fourth-order valence-corrected chi connectivity index (χ4v) is 5.73. The number of amides is 2. The summed E-state index contributed by atoms with van der Waals surface area (Å²) in [5.74, 6) is -7.56. The molecule has 5 aromatic rings. The Hall–Kier alpha value is -5.28. The first-order chi connectivity index (χ1) is 24.4. The Labute approximate surface area is 300 Å². The van der Waals surface area contributed by atoms with Gasteiger partial charge in [0.05, 0.1) is 17.4 Å². The van der Waals surface area contributed by atoms with Crippen LogP contribution in [0.25, 0.3) is 10.9 Å². The summed E-state index contributed by atoms with van der Waals surface area (Å²) in [5.41, 5.74) is -0.0590. The predicted molar refractivity (Wildman–Crippen MR) is 183 cm³/mol. The number of aromatic nitrogens is 2. The van der Waals surface area contributed by atoms with Crippen LogP contribution < -0.4 is 14.8 Å². The number of nitrogens with zero attached hydrogens (tertiary/aromatic N) is 4. The molecule has 2 amide bonds. The van der Waals surface area contributed by atoms with E-state index in [1.807, 2.05) is 12.1 Å². The van der Waals surface area contributed by atoms with Gasteiger partial charge in [-0.2, -0.15) is 0 Å². The summed E-state index contributed by atoms with van der Waals surface area (Å²) in [6, 6.07) is 16.7. The van der Waals surface area contributed by atoms with Crippen LogP contribution in [0.4, 0.5) is 32.0 Å². The quantitative estimate of drug-likeness (QED) is 0.118. The average Bonchev–Trinajstić information content (AvgIpc) is 3.45. The summed E-state index contributed by atoms with van der Waals surface area (Å²) in [5, 5.41) is 2.97. The predicted octanol–water partition coefficient (Wildman–Crippen LogP) is 7.51. The second-order valence-corrected chi connectivity index (χ2v) is 11.9. The van der Waals surface area contributed by atoms with Gasteiger partial charge in [0.2, 0.25) is 5.88 Å². The Bertz CT molecular complexity index is 2060. The minimum Gasteiger partial charge on any atom is -0.488 e. The summed E-state index contributed by atoms with van der Waals surface area (Å²) in [4.78, 5) is 34.1. The lowest BCUT2D eigenvalue weighted by Gasteiger charge is -2.34. The van der Waals surface area contributed by atoms with Crippen molar-refractivity contribution in [2.75, 3.05) is 38.1 Å². The second-order valence-electron chi connectivity index (χ2n) is 11.9. The Morgan fingerprint density at radius 2 is 1.52 bits per heavy atom. The van der Waals surface area contributed by atoms with Crippen LogP contribution in [0.5, 0.6) is 17.4 Å². The maximum absolute atomic E-state index is 14.2. The minimum absolute atomic E-state index is 0. The molecular weight excluding hydrogens is 716 g/mol. The van der Waals surface area contributed by atoms with Gasteiger partial charge < -0.3 is 24.3 Å². The van der Waals surface area contributed by atoms with Crippen LogP contribution in [0.3, 0.4) is 0 Å². The van der Waals surface area contributed by atoms with E-state index < -0.39 is 53.3 Å². The SMILES string of the molecule is Cc1c(F)c(F)c(C(=O)Nc2ccc(Oc3ccc4cc(C(=O)N5CCN(Cc6ccc(OCC(F)F)cc6)CC5)n(C)c4c3)nc2)c(F)c1F.Cl. The molecule has 16 heteroatoms. The van der Waals surface area contributed by atoms with Crippen LogP contribution in [0.2, 0.25) is 0 Å². The van der Waals surface area contributed by atoms with Gasteiger partial charge in [-0.1, -0.05) is 12.1 Å². The van der Waals surface area contributed by atoms with Crippen LogP contribution in [-0.4, -0.2) is 70.4 Å². The molecule has 2 aromatic heterocycles. The van der Waals surface area contributed by atoms with Crippen LogP contribution in [-0.2, 0) is 13.6 Å². The standard InChI is InChI=1S/C36H31F6N5O4.ClH/c1-20-31(39)33(41)30(34(42)32(20)40)35(48)44-23-6-10-29(43-17-23)51-25-9-5-22-15-27(45(2)26(22)16-25)36(49)47-13-11-46(12-14-47)18-21-3-7-24(8-4-21)50-19-28(37)38;/h3-10,15-17,28H,11-14,18-19H2,1-2H3,(H,44,48);1H. The number of benzene rings is 3. The first kappa shape index (κ1) is 38.0. The number of pyridine rings is 1. The number of fused-ring (bicyclic) bond motifs is 1. The highest BCUT2D eigenvalue weighted by Crippen LogP contribution is 2.29. The Balaban J connectivity index is 0.00000523. The first-order valence-corrected chi connectivity index (χ1v) is 15.8. The Kier molecular flexibility index (Phi) is 11.6. The van der Waals surface area contributed by atoms with E-state index in [0.29, 0.717) is 49.9 Å². The minimum atomic E-state index is -2.54. The number of alkyl halides is 2. The smallest absolute Gasteiger partial charge is 0.272 e. The molecule has 0 spiro atoms. The van der Waals surface area contributed by atoms with Crippen LogP contribution >= 0.6 is 12.4 Å². The number of aryl methyl sites for hydroxylation is 1. The number of carbonyl (C=O) groups excluding carboxylic acids is 2. The molecule has 0 radical (unpaired) electrons. The number of carbonyl (C=O) groups is 2. The average molecular weight is 748 g/mol. The monoisotopic (exact) mass is 747 g/mol. The van der Waals surface area contributed by atoms with Crippen molar-refractivity contribution in [3.8, 4) is 17.4 Å². The van der Waals surface area contributed by atoms with Crippen molar-refractivity contribution in [2.24, 2.45) is 7.05 Å². The number of piperazine rings is 1. The number of ether oxygens (including phenoxy) is 2. The lowest BCUT2D eigenvalue weighted by Crippen LogP contribution is -2.48. The molecule has 0 unspecified atom stereocenters. The molecule has 3 aromatic carbocycles. The van der Waals surface area contributed by atoms with Crippen LogP contribution in [0, 0.1) is 30.2 Å². The molecule has 1 aliphatic rings. The van der Waals surface area contributed by atoms with E-state index in [2.05, 4.69) is 15.2 Å². The maximum Gasteiger partial charge on any atom is 0.272 e. The van der Waals surface area contributed by atoms with Gasteiger partial charge in [0.25, 0.3) is 18.2 Å². The van der Waals surface area contributed by atoms with Gasteiger partial charge in [-0.15, -0.1) is 12.4 Å². The number of halogens is 7. The van der Waals surface area contributed by atoms with Crippen molar-refractivity contribution < 1.29 is 45.4 Å². The summed E-state index contributed by atoms with van der Waals surface area (Å²) < 4.78 is 93.8. The first-order valence-electron chi connectivity index (χ1n) is 15.8. The van der Waals surface area contributed by atoms with Gasteiger partial charge in [-0.3, -0.25) is 14.5 Å². The van der Waals surface area contributed by atoms with Crippen molar-refractivity contribution in [2.45, 2.75) is 19.9 Å². The molecule has 1 N–H and O–H groups in total. The molecule has 0 saturated carbocycles. The third-order valence-corrected chi connectivity index (χ3v) is 8.53. The van der Waals surface area contributed by atoms with Crippen LogP contribution in [0.1, 0.15) is 32.0 Å². The molecule has 1 saturated heterocycles. The number of nitrogens with one attached hydrogen (secondary N) is 1. The van der Waals surface area contributed by atoms with Crippen molar-refractivity contribution in [3.63, 3.8) is 0 Å². The summed E-state index contributed by atoms with van der Waals surface area (Å²) in [6.45, 7) is 3.21. The summed E-state index contributed by atoms with van der Waals surface area (Å²) >= 11 is 0. The molecule has 52 heavy (non-hydrogen) atoms. The highest BCUT2D eigenvalue weighted by Gasteiger charge is 2.28. The lowest BCUT2D eigenvalue weighted by atomic mass is 10.1. The molecular formula is C36H32ClF6N5O4. The fraction of sp³-hybridized carbons (Fsp3) is 0.250. The lowest BCUT2D eigenvalue weighted by molar-refractivity contribution is 0.0619. The van der Waals surface area contributed by atoms with Crippen molar-refractivity contribution in [3.05, 3.63) is 113 Å². The van der Waals surface area contributed by atoms with E-state index in [0.717, 1.165) is 29.6 Å². The van der Waals surface area contributed by atoms with Gasteiger partial charge in [0.1, 0.15) is 29.4 Å². The highest BCUT2D eigenvalue weighted by molar-refractivity contribution is 6.04. The molecule has 1 fully saturated rings. The van der Waals surface area contributed by atoms with Gasteiger partial charge in [-0.05, 0) is 48.9 Å². The second kappa shape index (κ2) is 15.9. The van der Waals surface area contributed by atoms with Gasteiger partial charge in [0, 0.05) is 62.9 Å². The number of anilines is 1. The normalized spacial score (nSPS) is 13.3. The van der Waals surface area contributed by atoms with Crippen molar-refractivity contribution in [1.82, 2.24) is 19.4 Å². The van der Waals surface area contributed by atoms with Crippen molar-refractivity contribution >= 4 is 40.8 Å². The van der Waals surface area contributed by atoms with E-state index in [4.69, 9.17) is 9.47 Å². The van der Waals surface area contributed by atoms with Gasteiger partial charge in [0.15, 0.2) is 23.3 Å². The van der Waals surface area contributed by atoms with E-state index in [1.54, 1.807) is 52.9 Å². The maximum atomic E-state index is 14.2. The molecule has 274 valence electrons. The largest absolute Gasteiger partial charge is 0.488 e. The summed E-state index contributed by atoms with van der Waals surface area (Å²) in [7, 11) is 1.78. The number of rotatable bonds is 10. The Morgan fingerprint density at radius 3 is 2.13 bits per heavy atom. The number of hydrogen-bond donors (Lipinski definition) is 1. The van der Waals surface area contributed by atoms with E-state index in [9.17, 15) is 35.9 Å². The number of hydrogen-bond acceptors (Lipinski definition) is 6. The zero-order valence-corrected chi connectivity index (χ0v) is 28.6. The van der Waals surface area contributed by atoms with E-state index in [1.165, 1.54) is 12.1 Å². The molecule has 1 aliphatic heterocycles. The zero-order valence-electron chi connectivity index (χ0n) is 27.8. The highest BCUT2D eigenvalue weighted by atomic mass is 35.5. The molecule has 3 heterocycles. The third-order valence-electron chi connectivity index (χ3n) is 8.53. The Morgan fingerprint density at radius 1 is 0.865 bits per heavy atom. The van der Waals surface area contributed by atoms with Gasteiger partial charge in [-0.25, -0.2) is 31.3 Å².